The molecule has 3 rings (SSSR count). The van der Waals surface area contributed by atoms with Gasteiger partial charge in [-0.05, 0) is 36.6 Å². The number of carbonyl (C=O) groups excluding carboxylic acids is 1. The molecule has 166 valence electrons. The fourth-order valence-electron chi connectivity index (χ4n) is 3.60. The summed E-state index contributed by atoms with van der Waals surface area (Å²) in [5, 5.41) is 19.1. The van der Waals surface area contributed by atoms with Crippen molar-refractivity contribution < 1.29 is 9.53 Å². The lowest BCUT2D eigenvalue weighted by molar-refractivity contribution is 0.236. The lowest BCUT2D eigenvalue weighted by Crippen LogP contribution is -2.43. The molecule has 0 unspecified atom stereocenters. The third-order valence-corrected chi connectivity index (χ3v) is 5.42. The molecule has 1 heterocycles. The number of pyridine rings is 1. The molecule has 0 aliphatic carbocycles. The van der Waals surface area contributed by atoms with E-state index in [1.165, 1.54) is 0 Å². The molecule has 1 aromatic heterocycles. The van der Waals surface area contributed by atoms with E-state index in [2.05, 4.69) is 40.9 Å². The Balaban J connectivity index is 1.74. The smallest absolute Gasteiger partial charge is 0.315 e. The van der Waals surface area contributed by atoms with E-state index in [4.69, 9.17) is 10.00 Å². The number of urea groups is 1. The average Bonchev–Trinajstić information content (AvgIpc) is 2.84. The molecule has 3 aromatic rings. The summed E-state index contributed by atoms with van der Waals surface area (Å²) in [5.41, 5.74) is 4.16. The van der Waals surface area contributed by atoms with Gasteiger partial charge in [-0.15, -0.1) is 0 Å². The topological polar surface area (TPSA) is 99.1 Å². The Kier molecular flexibility index (Phi) is 7.87. The summed E-state index contributed by atoms with van der Waals surface area (Å²) < 4.78 is 5.70. The monoisotopic (exact) mass is 431 g/mol. The normalized spacial score (nSPS) is 10.6. The van der Waals surface area contributed by atoms with Crippen LogP contribution in [0.2, 0.25) is 0 Å². The number of hydrogen-bond donors (Lipinski definition) is 3. The molecular formula is C25H29N5O2. The van der Waals surface area contributed by atoms with Crippen molar-refractivity contribution in [1.82, 2.24) is 15.6 Å². The number of anilines is 1. The van der Waals surface area contributed by atoms with Gasteiger partial charge in [-0.1, -0.05) is 38.1 Å². The summed E-state index contributed by atoms with van der Waals surface area (Å²) in [4.78, 5) is 16.7. The zero-order valence-corrected chi connectivity index (χ0v) is 18.7. The van der Waals surface area contributed by atoms with Crippen molar-refractivity contribution in [3.05, 3.63) is 54.2 Å². The number of benzene rings is 2. The SMILES string of the molecule is CCC(CC)NC(=O)NCCNc1cnc2c(-c3ccc(C#N)cc3)cccc2c1OC. The van der Waals surface area contributed by atoms with Crippen LogP contribution in [-0.2, 0) is 0 Å². The van der Waals surface area contributed by atoms with E-state index in [-0.39, 0.29) is 12.1 Å². The van der Waals surface area contributed by atoms with Crippen molar-refractivity contribution >= 4 is 22.6 Å². The molecule has 2 amide bonds. The van der Waals surface area contributed by atoms with Crippen LogP contribution in [0.5, 0.6) is 5.75 Å². The predicted molar refractivity (Wildman–Crippen MR) is 128 cm³/mol. The molecule has 7 heteroatoms. The number of ether oxygens (including phenoxy) is 1. The molecule has 0 aliphatic rings. The lowest BCUT2D eigenvalue weighted by atomic mass is 10.0. The lowest BCUT2D eigenvalue weighted by Gasteiger charge is -2.17. The maximum Gasteiger partial charge on any atom is 0.315 e. The van der Waals surface area contributed by atoms with Crippen LogP contribution in [0.3, 0.4) is 0 Å². The van der Waals surface area contributed by atoms with E-state index in [1.54, 1.807) is 25.4 Å². The predicted octanol–water partition coefficient (Wildman–Crippen LogP) is 4.68. The number of nitriles is 1. The van der Waals surface area contributed by atoms with E-state index < -0.39 is 0 Å². The summed E-state index contributed by atoms with van der Waals surface area (Å²) in [6.45, 7) is 5.12. The van der Waals surface area contributed by atoms with Gasteiger partial charge in [0.2, 0.25) is 0 Å². The number of nitrogens with one attached hydrogen (secondary N) is 3. The van der Waals surface area contributed by atoms with Crippen LogP contribution in [0, 0.1) is 11.3 Å². The summed E-state index contributed by atoms with van der Waals surface area (Å²) in [7, 11) is 1.63. The van der Waals surface area contributed by atoms with Crippen molar-refractivity contribution in [1.29, 1.82) is 5.26 Å². The van der Waals surface area contributed by atoms with E-state index in [0.717, 1.165) is 40.6 Å². The molecular weight excluding hydrogens is 402 g/mol. The number of rotatable bonds is 9. The van der Waals surface area contributed by atoms with Gasteiger partial charge in [0.1, 0.15) is 0 Å². The van der Waals surface area contributed by atoms with Crippen LogP contribution in [0.25, 0.3) is 22.0 Å². The highest BCUT2D eigenvalue weighted by Crippen LogP contribution is 2.36. The van der Waals surface area contributed by atoms with Crippen LogP contribution < -0.4 is 20.7 Å². The Morgan fingerprint density at radius 3 is 2.53 bits per heavy atom. The summed E-state index contributed by atoms with van der Waals surface area (Å²) in [6, 6.07) is 15.6. The molecule has 0 saturated carbocycles. The van der Waals surface area contributed by atoms with E-state index in [0.29, 0.717) is 24.4 Å². The van der Waals surface area contributed by atoms with Gasteiger partial charge < -0.3 is 20.7 Å². The van der Waals surface area contributed by atoms with E-state index in [1.807, 2.05) is 30.3 Å². The van der Waals surface area contributed by atoms with Gasteiger partial charge in [0.05, 0.1) is 36.1 Å². The Morgan fingerprint density at radius 1 is 1.12 bits per heavy atom. The molecule has 0 bridgehead atoms. The molecule has 0 fully saturated rings. The van der Waals surface area contributed by atoms with Crippen molar-refractivity contribution in [2.75, 3.05) is 25.5 Å². The number of nitrogens with zero attached hydrogens (tertiary/aromatic N) is 2. The molecule has 2 aromatic carbocycles. The number of hydrogen-bond acceptors (Lipinski definition) is 5. The van der Waals surface area contributed by atoms with Crippen molar-refractivity contribution in [3.8, 4) is 22.9 Å². The molecule has 3 N–H and O–H groups in total. The quantitative estimate of drug-likeness (QED) is 0.427. The molecule has 0 atom stereocenters. The first-order chi connectivity index (χ1) is 15.6. The highest BCUT2D eigenvalue weighted by atomic mass is 16.5. The van der Waals surface area contributed by atoms with E-state index in [9.17, 15) is 4.79 Å². The molecule has 0 aliphatic heterocycles. The van der Waals surface area contributed by atoms with Gasteiger partial charge in [-0.3, -0.25) is 4.98 Å². The third kappa shape index (κ3) is 5.27. The van der Waals surface area contributed by atoms with Gasteiger partial charge >= 0.3 is 6.03 Å². The molecule has 0 saturated heterocycles. The van der Waals surface area contributed by atoms with Gasteiger partial charge in [-0.25, -0.2) is 4.79 Å². The van der Waals surface area contributed by atoms with Crippen molar-refractivity contribution in [3.63, 3.8) is 0 Å². The minimum Gasteiger partial charge on any atom is -0.494 e. The summed E-state index contributed by atoms with van der Waals surface area (Å²) in [5.74, 6) is 0.701. The molecule has 0 radical (unpaired) electrons. The molecule has 7 nitrogen and oxygen atoms in total. The third-order valence-electron chi connectivity index (χ3n) is 5.42. The number of methoxy groups -OCH3 is 1. The van der Waals surface area contributed by atoms with Gasteiger partial charge in [0.25, 0.3) is 0 Å². The second-order valence-electron chi connectivity index (χ2n) is 7.44. The standard InChI is InChI=1S/C25H29N5O2/c1-4-19(5-2)30-25(31)28-14-13-27-22-16-29-23-20(7-6-8-21(23)24(22)32-3)18-11-9-17(15-26)10-12-18/h6-12,16,19,27H,4-5,13-14H2,1-3H3,(H2,28,30,31). The van der Waals surface area contributed by atoms with Gasteiger partial charge in [0, 0.05) is 30.1 Å². The van der Waals surface area contributed by atoms with Crippen LogP contribution in [0.1, 0.15) is 32.3 Å². The van der Waals surface area contributed by atoms with Gasteiger partial charge in [0.15, 0.2) is 5.75 Å². The number of para-hydroxylation sites is 1. The molecule has 32 heavy (non-hydrogen) atoms. The second kappa shape index (κ2) is 11.0. The number of fused-ring (bicyclic) bond motifs is 1. The maximum atomic E-state index is 12.0. The van der Waals surface area contributed by atoms with Crippen LogP contribution >= 0.6 is 0 Å². The Hall–Kier alpha value is -3.79. The fraction of sp³-hybridized carbons (Fsp3) is 0.320. The highest BCUT2D eigenvalue weighted by Gasteiger charge is 2.13. The second-order valence-corrected chi connectivity index (χ2v) is 7.44. The zero-order chi connectivity index (χ0) is 22.9. The van der Waals surface area contributed by atoms with Crippen LogP contribution in [-0.4, -0.2) is 37.3 Å². The van der Waals surface area contributed by atoms with E-state index >= 15 is 0 Å². The van der Waals surface area contributed by atoms with Gasteiger partial charge in [-0.2, -0.15) is 5.26 Å². The first-order valence-corrected chi connectivity index (χ1v) is 10.9. The van der Waals surface area contributed by atoms with Crippen LogP contribution in [0.4, 0.5) is 10.5 Å². The number of amides is 2. The number of aromatic nitrogens is 1. The first-order valence-electron chi connectivity index (χ1n) is 10.9. The molecule has 0 spiro atoms. The zero-order valence-electron chi connectivity index (χ0n) is 18.7. The van der Waals surface area contributed by atoms with Crippen LogP contribution in [0.15, 0.2) is 48.7 Å². The maximum absolute atomic E-state index is 12.0. The Morgan fingerprint density at radius 2 is 1.88 bits per heavy atom. The highest BCUT2D eigenvalue weighted by molar-refractivity contribution is 5.99. The minimum absolute atomic E-state index is 0.156. The Bertz CT molecular complexity index is 1100. The average molecular weight is 432 g/mol. The largest absolute Gasteiger partial charge is 0.494 e. The Labute approximate surface area is 188 Å². The summed E-state index contributed by atoms with van der Waals surface area (Å²) >= 11 is 0. The first kappa shape index (κ1) is 22.9. The van der Waals surface area contributed by atoms with Crippen molar-refractivity contribution in [2.24, 2.45) is 0 Å². The number of carbonyl (C=O) groups is 1. The minimum atomic E-state index is -0.156. The van der Waals surface area contributed by atoms with Crippen molar-refractivity contribution in [2.45, 2.75) is 32.7 Å². The fourth-order valence-corrected chi connectivity index (χ4v) is 3.60. The summed E-state index contributed by atoms with van der Waals surface area (Å²) in [6.07, 6.45) is 3.57.